The second-order valence-electron chi connectivity index (χ2n) is 11.2. The van der Waals surface area contributed by atoms with Gasteiger partial charge in [0.25, 0.3) is 0 Å². The lowest BCUT2D eigenvalue weighted by Crippen LogP contribution is -2.69. The molecule has 7 rings (SSSR count). The summed E-state index contributed by atoms with van der Waals surface area (Å²) in [5, 5.41) is 9.16. The second-order valence-corrected chi connectivity index (χ2v) is 11.6. The third kappa shape index (κ3) is 3.90. The SMILES string of the molecule is FC(F)(F)c1ccnc(N2CC3(CC(c4nnc5n4-c4ccc(Cl)cc4CN(C4(C(F)(F)F)COC4)C5)C3)C2)n1. The number of hydrogen-bond acceptors (Lipinski definition) is 7. The van der Waals surface area contributed by atoms with Crippen LogP contribution in [0.1, 0.15) is 41.7 Å². The average Bonchev–Trinajstić information content (AvgIpc) is 3.11. The van der Waals surface area contributed by atoms with Crippen molar-refractivity contribution in [1.29, 1.82) is 0 Å². The Morgan fingerprint density at radius 3 is 2.38 bits per heavy atom. The van der Waals surface area contributed by atoms with Gasteiger partial charge >= 0.3 is 12.4 Å². The molecule has 1 aromatic carbocycles. The molecule has 1 aliphatic carbocycles. The predicted octanol–water partition coefficient (Wildman–Crippen LogP) is 4.76. The molecular weight excluding hydrogens is 564 g/mol. The molecule has 40 heavy (non-hydrogen) atoms. The van der Waals surface area contributed by atoms with Crippen LogP contribution in [0.25, 0.3) is 5.69 Å². The van der Waals surface area contributed by atoms with Gasteiger partial charge in [0.1, 0.15) is 11.5 Å². The Labute approximate surface area is 228 Å². The molecule has 15 heteroatoms. The molecular formula is C25H22ClF6N7O. The molecule has 2 aromatic heterocycles. The molecule has 0 unspecified atom stereocenters. The summed E-state index contributed by atoms with van der Waals surface area (Å²) in [6.45, 7) is 0.0673. The molecule has 0 N–H and O–H groups in total. The van der Waals surface area contributed by atoms with Crippen LogP contribution in [0.5, 0.6) is 0 Å². The van der Waals surface area contributed by atoms with Crippen LogP contribution in [-0.2, 0) is 24.0 Å². The summed E-state index contributed by atoms with van der Waals surface area (Å²) in [7, 11) is 0. The first-order valence-electron chi connectivity index (χ1n) is 12.7. The van der Waals surface area contributed by atoms with Crippen LogP contribution in [-0.4, -0.2) is 67.7 Å². The van der Waals surface area contributed by atoms with Crippen LogP contribution in [0, 0.1) is 5.41 Å². The van der Waals surface area contributed by atoms with E-state index in [0.29, 0.717) is 53.9 Å². The number of halogens is 7. The quantitative estimate of drug-likeness (QED) is 0.411. The lowest BCUT2D eigenvalue weighted by atomic mass is 9.57. The van der Waals surface area contributed by atoms with E-state index in [2.05, 4.69) is 20.2 Å². The third-order valence-electron chi connectivity index (χ3n) is 8.54. The number of benzene rings is 1. The van der Waals surface area contributed by atoms with Crippen molar-refractivity contribution in [2.75, 3.05) is 31.2 Å². The first-order valence-corrected chi connectivity index (χ1v) is 13.0. The Bertz CT molecular complexity index is 1470. The van der Waals surface area contributed by atoms with Crippen LogP contribution < -0.4 is 4.90 Å². The fraction of sp³-hybridized carbons (Fsp3) is 0.520. The van der Waals surface area contributed by atoms with Gasteiger partial charge in [0.05, 0.1) is 25.4 Å². The molecule has 1 spiro atoms. The van der Waals surface area contributed by atoms with E-state index in [9.17, 15) is 26.3 Å². The number of anilines is 1. The lowest BCUT2D eigenvalue weighted by molar-refractivity contribution is -0.310. The molecule has 8 nitrogen and oxygen atoms in total. The first kappa shape index (κ1) is 26.0. The van der Waals surface area contributed by atoms with Crippen LogP contribution in [0.15, 0.2) is 30.5 Å². The van der Waals surface area contributed by atoms with Gasteiger partial charge in [-0.25, -0.2) is 9.97 Å². The zero-order chi connectivity index (χ0) is 28.1. The fourth-order valence-electron chi connectivity index (χ4n) is 6.40. The van der Waals surface area contributed by atoms with Crippen molar-refractivity contribution < 1.29 is 31.1 Å². The monoisotopic (exact) mass is 585 g/mol. The highest BCUT2D eigenvalue weighted by molar-refractivity contribution is 6.30. The molecule has 5 heterocycles. The Morgan fingerprint density at radius 2 is 1.73 bits per heavy atom. The maximum absolute atomic E-state index is 14.2. The Balaban J connectivity index is 1.14. The minimum absolute atomic E-state index is 0.00971. The topological polar surface area (TPSA) is 72.2 Å². The summed E-state index contributed by atoms with van der Waals surface area (Å²) in [4.78, 5) is 10.8. The molecule has 212 valence electrons. The number of aromatic nitrogens is 5. The van der Waals surface area contributed by atoms with E-state index in [1.807, 2.05) is 4.57 Å². The van der Waals surface area contributed by atoms with E-state index >= 15 is 0 Å². The van der Waals surface area contributed by atoms with Crippen molar-refractivity contribution in [2.24, 2.45) is 5.41 Å². The van der Waals surface area contributed by atoms with E-state index in [1.165, 1.54) is 4.90 Å². The minimum Gasteiger partial charge on any atom is -0.377 e. The number of alkyl halides is 6. The summed E-state index contributed by atoms with van der Waals surface area (Å²) in [5.74, 6) is 1.10. The highest BCUT2D eigenvalue weighted by atomic mass is 35.5. The highest BCUT2D eigenvalue weighted by Gasteiger charge is 2.64. The predicted molar refractivity (Wildman–Crippen MR) is 129 cm³/mol. The molecule has 0 atom stereocenters. The molecule has 0 bridgehead atoms. The molecule has 0 radical (unpaired) electrons. The summed E-state index contributed by atoms with van der Waals surface area (Å²) >= 11 is 6.25. The zero-order valence-electron chi connectivity index (χ0n) is 20.8. The van der Waals surface area contributed by atoms with Gasteiger partial charge in [0, 0.05) is 42.2 Å². The Kier molecular flexibility index (Phi) is 5.53. The maximum atomic E-state index is 14.2. The van der Waals surface area contributed by atoms with Gasteiger partial charge < -0.3 is 9.64 Å². The van der Waals surface area contributed by atoms with E-state index in [-0.39, 0.29) is 30.4 Å². The molecule has 0 amide bonds. The Morgan fingerprint density at radius 1 is 0.975 bits per heavy atom. The van der Waals surface area contributed by atoms with Crippen LogP contribution in [0.3, 0.4) is 0 Å². The van der Waals surface area contributed by atoms with Gasteiger partial charge in [-0.3, -0.25) is 9.47 Å². The van der Waals surface area contributed by atoms with Crippen molar-refractivity contribution in [3.8, 4) is 5.69 Å². The van der Waals surface area contributed by atoms with Gasteiger partial charge in [0.15, 0.2) is 11.4 Å². The van der Waals surface area contributed by atoms with Crippen molar-refractivity contribution in [3.05, 3.63) is 58.4 Å². The van der Waals surface area contributed by atoms with E-state index in [0.717, 1.165) is 12.3 Å². The van der Waals surface area contributed by atoms with Crippen LogP contribution in [0.4, 0.5) is 32.3 Å². The van der Waals surface area contributed by atoms with Gasteiger partial charge in [-0.2, -0.15) is 26.3 Å². The second kappa shape index (κ2) is 8.52. The van der Waals surface area contributed by atoms with Crippen LogP contribution >= 0.6 is 11.6 Å². The molecule has 4 aliphatic rings. The van der Waals surface area contributed by atoms with Crippen LogP contribution in [0.2, 0.25) is 5.02 Å². The van der Waals surface area contributed by atoms with Gasteiger partial charge in [0.2, 0.25) is 5.95 Å². The van der Waals surface area contributed by atoms with E-state index in [1.54, 1.807) is 23.1 Å². The number of hydrogen-bond donors (Lipinski definition) is 0. The number of nitrogens with zero attached hydrogens (tertiary/aromatic N) is 7. The van der Waals surface area contributed by atoms with E-state index in [4.69, 9.17) is 16.3 Å². The van der Waals surface area contributed by atoms with Gasteiger partial charge in [-0.15, -0.1) is 10.2 Å². The van der Waals surface area contributed by atoms with Crippen molar-refractivity contribution in [1.82, 2.24) is 29.6 Å². The summed E-state index contributed by atoms with van der Waals surface area (Å²) in [6.07, 6.45) is -6.51. The lowest BCUT2D eigenvalue weighted by Gasteiger charge is -2.58. The number of fused-ring (bicyclic) bond motifs is 3. The number of ether oxygens (including phenoxy) is 1. The van der Waals surface area contributed by atoms with Crippen molar-refractivity contribution >= 4 is 17.5 Å². The Hall–Kier alpha value is -2.97. The normalized spacial score (nSPS) is 22.1. The fourth-order valence-corrected chi connectivity index (χ4v) is 6.60. The smallest absolute Gasteiger partial charge is 0.377 e. The largest absolute Gasteiger partial charge is 0.433 e. The third-order valence-corrected chi connectivity index (χ3v) is 8.77. The average molecular weight is 586 g/mol. The number of rotatable bonds is 3. The molecule has 2 saturated heterocycles. The maximum Gasteiger partial charge on any atom is 0.433 e. The molecule has 3 aliphatic heterocycles. The molecule has 1 saturated carbocycles. The summed E-state index contributed by atoms with van der Waals surface area (Å²) in [6, 6.07) is 5.99. The minimum atomic E-state index is -4.55. The van der Waals surface area contributed by atoms with Crippen molar-refractivity contribution in [3.63, 3.8) is 0 Å². The molecule has 3 fully saturated rings. The standard InChI is InChI=1S/C25H22ClF6N7O/c26-16-1-2-17-14(5-16)8-38(23(12-40-13-23)25(30,31)32)9-19-35-36-20(39(17)19)15-6-22(7-15)10-37(11-22)21-33-4-3-18(34-21)24(27,28)29/h1-5,15H,6-13H2. The molecule has 3 aromatic rings. The summed E-state index contributed by atoms with van der Waals surface area (Å²) < 4.78 is 88.7. The zero-order valence-corrected chi connectivity index (χ0v) is 21.6. The van der Waals surface area contributed by atoms with Crippen molar-refractivity contribution in [2.45, 2.75) is 49.7 Å². The van der Waals surface area contributed by atoms with E-state index < -0.39 is 36.8 Å². The highest BCUT2D eigenvalue weighted by Crippen LogP contribution is 2.56. The summed E-state index contributed by atoms with van der Waals surface area (Å²) in [5.41, 5.74) is -1.89. The van der Waals surface area contributed by atoms with Gasteiger partial charge in [-0.1, -0.05) is 11.6 Å². The first-order chi connectivity index (χ1) is 18.9. The van der Waals surface area contributed by atoms with Gasteiger partial charge in [-0.05, 0) is 42.7 Å².